The van der Waals surface area contributed by atoms with E-state index in [1.165, 1.54) is 12.1 Å². The number of hydrogen-bond donors (Lipinski definition) is 1. The standard InChI is InChI=1S/C13H18N2O4/c1-9(12(16)19-13(2,3)4)14-10-6-5-7-11(8-10)15(17)18/h5-9,14H,1-4H3/t9-/m1/s1. The molecule has 0 amide bonds. The van der Waals surface area contributed by atoms with Crippen molar-refractivity contribution in [2.45, 2.75) is 39.3 Å². The Kier molecular flexibility index (Phi) is 4.47. The van der Waals surface area contributed by atoms with Crippen LogP contribution in [0.2, 0.25) is 0 Å². The summed E-state index contributed by atoms with van der Waals surface area (Å²) in [6.45, 7) is 6.99. The molecule has 1 N–H and O–H groups in total. The zero-order chi connectivity index (χ0) is 14.6. The predicted molar refractivity (Wildman–Crippen MR) is 72.0 cm³/mol. The second-order valence-electron chi connectivity index (χ2n) is 5.21. The van der Waals surface area contributed by atoms with Gasteiger partial charge in [-0.1, -0.05) is 6.07 Å². The van der Waals surface area contributed by atoms with E-state index in [-0.39, 0.29) is 5.69 Å². The van der Waals surface area contributed by atoms with Gasteiger partial charge in [0.15, 0.2) is 0 Å². The molecule has 0 unspecified atom stereocenters. The van der Waals surface area contributed by atoms with Crippen molar-refractivity contribution >= 4 is 17.3 Å². The molecule has 0 aromatic heterocycles. The van der Waals surface area contributed by atoms with Gasteiger partial charge >= 0.3 is 5.97 Å². The zero-order valence-corrected chi connectivity index (χ0v) is 11.5. The Morgan fingerprint density at radius 1 is 1.42 bits per heavy atom. The highest BCUT2D eigenvalue weighted by atomic mass is 16.6. The maximum absolute atomic E-state index is 11.8. The largest absolute Gasteiger partial charge is 0.458 e. The van der Waals surface area contributed by atoms with Gasteiger partial charge in [0.2, 0.25) is 0 Å². The van der Waals surface area contributed by atoms with Crippen LogP contribution in [0.5, 0.6) is 0 Å². The molecule has 0 fully saturated rings. The van der Waals surface area contributed by atoms with E-state index in [9.17, 15) is 14.9 Å². The van der Waals surface area contributed by atoms with Crippen molar-refractivity contribution in [2.24, 2.45) is 0 Å². The number of rotatable bonds is 4. The summed E-state index contributed by atoms with van der Waals surface area (Å²) in [5, 5.41) is 13.5. The smallest absolute Gasteiger partial charge is 0.328 e. The van der Waals surface area contributed by atoms with Gasteiger partial charge in [-0.3, -0.25) is 10.1 Å². The van der Waals surface area contributed by atoms with Crippen LogP contribution in [-0.4, -0.2) is 22.5 Å². The van der Waals surface area contributed by atoms with Crippen LogP contribution in [-0.2, 0) is 9.53 Å². The summed E-state index contributed by atoms with van der Waals surface area (Å²) in [5.41, 5.74) is -0.0793. The molecule has 0 aliphatic heterocycles. The Labute approximate surface area is 111 Å². The number of benzene rings is 1. The topological polar surface area (TPSA) is 81.5 Å². The quantitative estimate of drug-likeness (QED) is 0.515. The highest BCUT2D eigenvalue weighted by molar-refractivity contribution is 5.79. The summed E-state index contributed by atoms with van der Waals surface area (Å²) in [4.78, 5) is 21.9. The van der Waals surface area contributed by atoms with Crippen molar-refractivity contribution in [3.8, 4) is 0 Å². The fourth-order valence-corrected chi connectivity index (χ4v) is 1.41. The maximum Gasteiger partial charge on any atom is 0.328 e. The van der Waals surface area contributed by atoms with E-state index in [0.29, 0.717) is 5.69 Å². The van der Waals surface area contributed by atoms with E-state index >= 15 is 0 Å². The summed E-state index contributed by atoms with van der Waals surface area (Å²) < 4.78 is 5.21. The number of nitrogens with zero attached hydrogens (tertiary/aromatic N) is 1. The molecular formula is C13H18N2O4. The molecule has 6 heteroatoms. The summed E-state index contributed by atoms with van der Waals surface area (Å²) in [6.07, 6.45) is 0. The first-order chi connectivity index (χ1) is 8.69. The molecule has 0 aliphatic rings. The Morgan fingerprint density at radius 2 is 2.05 bits per heavy atom. The molecule has 0 saturated heterocycles. The number of nitro benzene ring substituents is 1. The minimum Gasteiger partial charge on any atom is -0.458 e. The molecule has 1 aromatic carbocycles. The van der Waals surface area contributed by atoms with Gasteiger partial charge < -0.3 is 10.1 Å². The molecule has 0 aliphatic carbocycles. The third kappa shape index (κ3) is 4.95. The molecule has 0 bridgehead atoms. The number of ether oxygens (including phenoxy) is 1. The molecule has 104 valence electrons. The first kappa shape index (κ1) is 14.9. The fraction of sp³-hybridized carbons (Fsp3) is 0.462. The maximum atomic E-state index is 11.8. The first-order valence-electron chi connectivity index (χ1n) is 5.93. The Hall–Kier alpha value is -2.11. The van der Waals surface area contributed by atoms with Gasteiger partial charge in [0.25, 0.3) is 5.69 Å². The van der Waals surface area contributed by atoms with Crippen LogP contribution in [0, 0.1) is 10.1 Å². The SMILES string of the molecule is C[C@@H](Nc1cccc([N+](=O)[O-])c1)C(=O)OC(C)(C)C. The number of non-ortho nitro benzene ring substituents is 1. The van der Waals surface area contributed by atoms with Crippen LogP contribution in [0.25, 0.3) is 0 Å². The molecule has 1 aromatic rings. The van der Waals surface area contributed by atoms with Crippen LogP contribution in [0.4, 0.5) is 11.4 Å². The van der Waals surface area contributed by atoms with Crippen LogP contribution in [0.1, 0.15) is 27.7 Å². The van der Waals surface area contributed by atoms with E-state index in [1.807, 2.05) is 0 Å². The summed E-state index contributed by atoms with van der Waals surface area (Å²) in [6, 6.07) is 5.40. The van der Waals surface area contributed by atoms with E-state index in [4.69, 9.17) is 4.74 Å². The van der Waals surface area contributed by atoms with Gasteiger partial charge in [0.05, 0.1) is 4.92 Å². The fourth-order valence-electron chi connectivity index (χ4n) is 1.41. The predicted octanol–water partition coefficient (Wildman–Crippen LogP) is 2.74. The second kappa shape index (κ2) is 5.69. The van der Waals surface area contributed by atoms with E-state index in [0.717, 1.165) is 0 Å². The van der Waals surface area contributed by atoms with Crippen molar-refractivity contribution in [1.82, 2.24) is 0 Å². The lowest BCUT2D eigenvalue weighted by atomic mass is 10.2. The monoisotopic (exact) mass is 266 g/mol. The number of nitrogens with one attached hydrogen (secondary N) is 1. The molecule has 1 rings (SSSR count). The molecule has 1 atom stereocenters. The van der Waals surface area contributed by atoms with Crippen molar-refractivity contribution in [3.05, 3.63) is 34.4 Å². The van der Waals surface area contributed by atoms with Gasteiger partial charge in [-0.25, -0.2) is 4.79 Å². The highest BCUT2D eigenvalue weighted by Crippen LogP contribution is 2.18. The number of esters is 1. The second-order valence-corrected chi connectivity index (χ2v) is 5.21. The Bertz CT molecular complexity index is 480. The number of hydrogen-bond acceptors (Lipinski definition) is 5. The third-order valence-corrected chi connectivity index (χ3v) is 2.20. The lowest BCUT2D eigenvalue weighted by molar-refractivity contribution is -0.384. The minimum atomic E-state index is -0.582. The number of anilines is 1. The van der Waals surface area contributed by atoms with E-state index in [1.54, 1.807) is 39.8 Å². The van der Waals surface area contributed by atoms with Gasteiger partial charge in [-0.05, 0) is 33.8 Å². The number of carbonyl (C=O) groups excluding carboxylic acids is 1. The molecule has 6 nitrogen and oxygen atoms in total. The number of nitro groups is 1. The summed E-state index contributed by atoms with van der Waals surface area (Å²) in [7, 11) is 0. The summed E-state index contributed by atoms with van der Waals surface area (Å²) in [5.74, 6) is -0.404. The average molecular weight is 266 g/mol. The average Bonchev–Trinajstić information content (AvgIpc) is 2.27. The van der Waals surface area contributed by atoms with Crippen molar-refractivity contribution in [3.63, 3.8) is 0 Å². The van der Waals surface area contributed by atoms with Gasteiger partial charge in [-0.2, -0.15) is 0 Å². The van der Waals surface area contributed by atoms with Crippen molar-refractivity contribution < 1.29 is 14.5 Å². The molecule has 0 spiro atoms. The molecule has 0 heterocycles. The normalized spacial score (nSPS) is 12.6. The molecule has 0 saturated carbocycles. The lowest BCUT2D eigenvalue weighted by Gasteiger charge is -2.23. The van der Waals surface area contributed by atoms with Gasteiger partial charge in [0.1, 0.15) is 11.6 Å². The van der Waals surface area contributed by atoms with Gasteiger partial charge in [-0.15, -0.1) is 0 Å². The van der Waals surface area contributed by atoms with Crippen LogP contribution in [0.15, 0.2) is 24.3 Å². The van der Waals surface area contributed by atoms with E-state index < -0.39 is 22.5 Å². The zero-order valence-electron chi connectivity index (χ0n) is 11.5. The lowest BCUT2D eigenvalue weighted by Crippen LogP contribution is -2.34. The van der Waals surface area contributed by atoms with Gasteiger partial charge in [0, 0.05) is 17.8 Å². The third-order valence-electron chi connectivity index (χ3n) is 2.20. The van der Waals surface area contributed by atoms with Crippen LogP contribution in [0.3, 0.4) is 0 Å². The number of carbonyl (C=O) groups is 1. The summed E-state index contributed by atoms with van der Waals surface area (Å²) >= 11 is 0. The van der Waals surface area contributed by atoms with Crippen molar-refractivity contribution in [1.29, 1.82) is 0 Å². The first-order valence-corrected chi connectivity index (χ1v) is 5.93. The Balaban J connectivity index is 2.71. The minimum absolute atomic E-state index is 0.0265. The molecule has 19 heavy (non-hydrogen) atoms. The van der Waals surface area contributed by atoms with Crippen molar-refractivity contribution in [2.75, 3.05) is 5.32 Å². The highest BCUT2D eigenvalue weighted by Gasteiger charge is 2.21. The van der Waals surface area contributed by atoms with Crippen LogP contribution >= 0.6 is 0 Å². The van der Waals surface area contributed by atoms with Crippen LogP contribution < -0.4 is 5.32 Å². The molecule has 0 radical (unpaired) electrons. The van der Waals surface area contributed by atoms with E-state index in [2.05, 4.69) is 5.32 Å². The molecular weight excluding hydrogens is 248 g/mol. The Morgan fingerprint density at radius 3 is 2.58 bits per heavy atom.